The van der Waals surface area contributed by atoms with Gasteiger partial charge in [0.2, 0.25) is 0 Å². The largest absolute Gasteiger partial charge is 0.0814 e. The van der Waals surface area contributed by atoms with Gasteiger partial charge in [0.25, 0.3) is 0 Å². The van der Waals surface area contributed by atoms with Gasteiger partial charge in [-0.2, -0.15) is 0 Å². The Morgan fingerprint density at radius 3 is 1.00 bits per heavy atom. The molecule has 46 valence electrons. The minimum atomic E-state index is 0. The monoisotopic (exact) mass is 777 g/mol. The molecule has 0 atom stereocenters. The molecule has 0 aliphatic rings. The average molecular weight is 776 g/mol. The van der Waals surface area contributed by atoms with Crippen LogP contribution in [0.2, 0.25) is 0 Å². The Hall–Kier alpha value is 4.30. The fourth-order valence-electron chi connectivity index (χ4n) is 0. The molecule has 0 unspecified atom stereocenters. The van der Waals surface area contributed by atoms with Crippen LogP contribution in [0.25, 0.3) is 0 Å². The summed E-state index contributed by atoms with van der Waals surface area (Å²) >= 11 is 0. The summed E-state index contributed by atoms with van der Waals surface area (Å²) in [5.74, 6) is 0. The van der Waals surface area contributed by atoms with E-state index >= 15 is 0 Å². The third-order valence-electron chi connectivity index (χ3n) is 0. The Morgan fingerprint density at radius 2 is 1.00 bits per heavy atom. The number of hydrogen-bond donors (Lipinski definition) is 0. The molecule has 7 heteroatoms. The Bertz CT molecular complexity index is 19.7. The SMILES string of the molecule is B.[Co].[Cr].[Pt].[Re].[Ta].[Y]. The zero-order valence-electron chi connectivity index (χ0n) is 2.46. The summed E-state index contributed by atoms with van der Waals surface area (Å²) in [5, 5.41) is 0. The number of hydrogen-bond acceptors (Lipinski definition) is 0. The smallest absolute Gasteiger partial charge is 0 e. The Morgan fingerprint density at radius 1 is 1.00 bits per heavy atom. The van der Waals surface area contributed by atoms with Crippen LogP contribution in [0, 0.1) is 0 Å². The van der Waals surface area contributed by atoms with Crippen molar-refractivity contribution in [3.05, 3.63) is 0 Å². The van der Waals surface area contributed by atoms with Crippen molar-refractivity contribution in [2.45, 2.75) is 0 Å². The molecule has 0 N–H and O–H groups in total. The van der Waals surface area contributed by atoms with Crippen LogP contribution in [0.4, 0.5) is 0 Å². The van der Waals surface area contributed by atoms with Crippen LogP contribution in [-0.2, 0) is 131 Å². The summed E-state index contributed by atoms with van der Waals surface area (Å²) < 4.78 is 0. The molecule has 0 saturated heterocycles. The van der Waals surface area contributed by atoms with E-state index < -0.39 is 0 Å². The van der Waals surface area contributed by atoms with E-state index in [9.17, 15) is 0 Å². The molecule has 0 nitrogen and oxygen atoms in total. The van der Waals surface area contributed by atoms with Crippen LogP contribution in [0.5, 0.6) is 0 Å². The maximum atomic E-state index is 0. The zero-order chi connectivity index (χ0) is 0. The second-order valence-corrected chi connectivity index (χ2v) is 0. The summed E-state index contributed by atoms with van der Waals surface area (Å²) in [4.78, 5) is 0. The fourth-order valence-corrected chi connectivity index (χ4v) is 0. The predicted octanol–water partition coefficient (Wildman–Crippen LogP) is -1.20. The molecule has 0 aromatic rings. The third kappa shape index (κ3) is 38.4. The van der Waals surface area contributed by atoms with Gasteiger partial charge in [-0.25, -0.2) is 0 Å². The van der Waals surface area contributed by atoms with Crippen LogP contribution < -0.4 is 0 Å². The van der Waals surface area contributed by atoms with Crippen LogP contribution in [0.3, 0.4) is 0 Å². The first kappa shape index (κ1) is 64.9. The standard InChI is InChI=1S/BH3.Co.Cr.Pt.Re.Ta.Y/h1H3;;;;;;. The van der Waals surface area contributed by atoms with Gasteiger partial charge in [0, 0.05) is 131 Å². The minimum absolute atomic E-state index is 0. The Kier molecular flexibility index (Phi) is 446. The van der Waals surface area contributed by atoms with Gasteiger partial charge in [-0.3, -0.25) is 0 Å². The molecule has 0 aliphatic heterocycles. The molecule has 0 saturated carbocycles. The van der Waals surface area contributed by atoms with E-state index in [2.05, 4.69) is 0 Å². The molecule has 7 heavy (non-hydrogen) atoms. The first-order chi connectivity index (χ1) is 0. The van der Waals surface area contributed by atoms with Gasteiger partial charge in [-0.05, 0) is 0 Å². The molecule has 0 rings (SSSR count). The average Bonchev–Trinajstić information content (AvgIpc) is 0. The predicted molar refractivity (Wildman–Crippen MR) is 9.94 cm³/mol. The van der Waals surface area contributed by atoms with Crippen molar-refractivity contribution in [1.82, 2.24) is 0 Å². The van der Waals surface area contributed by atoms with E-state index in [0.717, 1.165) is 0 Å². The van der Waals surface area contributed by atoms with Crippen LogP contribution in [0.1, 0.15) is 0 Å². The van der Waals surface area contributed by atoms with Gasteiger partial charge in [0.15, 0.2) is 0 Å². The molecule has 0 fully saturated rings. The topological polar surface area (TPSA) is 0 Å². The zero-order valence-corrected chi connectivity index (χ0v) is 15.8. The van der Waals surface area contributed by atoms with Crippen molar-refractivity contribution in [2.24, 2.45) is 0 Å². The van der Waals surface area contributed by atoms with E-state index in [0.29, 0.717) is 0 Å². The summed E-state index contributed by atoms with van der Waals surface area (Å²) in [6.45, 7) is 0. The van der Waals surface area contributed by atoms with E-state index in [4.69, 9.17) is 0 Å². The van der Waals surface area contributed by atoms with Crippen LogP contribution in [0.15, 0.2) is 0 Å². The van der Waals surface area contributed by atoms with Gasteiger partial charge < -0.3 is 0 Å². The van der Waals surface area contributed by atoms with Gasteiger partial charge in [0.05, 0.1) is 8.41 Å². The summed E-state index contributed by atoms with van der Waals surface area (Å²) in [6, 6.07) is 0. The van der Waals surface area contributed by atoms with Crippen molar-refractivity contribution >= 4 is 8.41 Å². The second kappa shape index (κ2) is 48.2. The minimum Gasteiger partial charge on any atom is 0 e. The molecule has 0 aliphatic carbocycles. The van der Waals surface area contributed by atoms with E-state index in [1.807, 2.05) is 0 Å². The summed E-state index contributed by atoms with van der Waals surface area (Å²) in [7, 11) is 0. The first-order valence-electron chi connectivity index (χ1n) is 0. The Balaban J connectivity index is 0. The molecule has 0 aromatic carbocycles. The van der Waals surface area contributed by atoms with Gasteiger partial charge in [-0.1, -0.05) is 0 Å². The molecular formula is H3BCoCrPtReTaY. The van der Waals surface area contributed by atoms with E-state index in [1.54, 1.807) is 0 Å². The van der Waals surface area contributed by atoms with Crippen LogP contribution in [-0.4, -0.2) is 8.41 Å². The second-order valence-electron chi connectivity index (χ2n) is 0. The molecule has 4 radical (unpaired) electrons. The maximum absolute atomic E-state index is 0. The summed E-state index contributed by atoms with van der Waals surface area (Å²) in [5.41, 5.74) is 0. The van der Waals surface area contributed by atoms with Crippen molar-refractivity contribution in [2.75, 3.05) is 0 Å². The van der Waals surface area contributed by atoms with Crippen molar-refractivity contribution in [3.8, 4) is 0 Å². The molecule has 0 aromatic heterocycles. The molecule has 0 spiro atoms. The fraction of sp³-hybridized carbons (Fsp3) is 0. The van der Waals surface area contributed by atoms with Gasteiger partial charge >= 0.3 is 0 Å². The van der Waals surface area contributed by atoms with Crippen LogP contribution >= 0.6 is 0 Å². The normalized spacial score (nSPS) is 0. The molecule has 0 amide bonds. The first-order valence-corrected chi connectivity index (χ1v) is 0. The molecule has 0 heterocycles. The quantitative estimate of drug-likeness (QED) is 0.272. The van der Waals surface area contributed by atoms with E-state index in [-0.39, 0.29) is 139 Å². The third-order valence-corrected chi connectivity index (χ3v) is 0. The molecule has 0 bridgehead atoms. The van der Waals surface area contributed by atoms with Gasteiger partial charge in [0.1, 0.15) is 0 Å². The van der Waals surface area contributed by atoms with Crippen molar-refractivity contribution in [3.63, 3.8) is 0 Å². The van der Waals surface area contributed by atoms with Crippen molar-refractivity contribution in [1.29, 1.82) is 0 Å². The molecular weight excluding hydrogens is 773 g/mol. The number of rotatable bonds is 0. The Labute approximate surface area is 136 Å². The summed E-state index contributed by atoms with van der Waals surface area (Å²) in [6.07, 6.45) is 0. The van der Waals surface area contributed by atoms with Crippen molar-refractivity contribution < 1.29 is 131 Å². The maximum Gasteiger partial charge on any atom is 0.0814 e. The van der Waals surface area contributed by atoms with E-state index in [1.165, 1.54) is 0 Å². The van der Waals surface area contributed by atoms with Gasteiger partial charge in [-0.15, -0.1) is 0 Å².